The van der Waals surface area contributed by atoms with Gasteiger partial charge < -0.3 is 4.84 Å². The standard InChI is InChI=1S/C18H12ClN3O5/c19-12-3-7-13(8-4-12)21-16(23)10-18(17(21)24)9-15(20-27-18)11-1-5-14(6-2-11)22(25)26/h1-8H,9-10H2/t18-/m0/s1. The van der Waals surface area contributed by atoms with Crippen molar-refractivity contribution in [3.05, 3.63) is 69.2 Å². The zero-order chi connectivity index (χ0) is 19.2. The minimum Gasteiger partial charge on any atom is -0.378 e. The number of nitro benzene ring substituents is 1. The molecule has 1 spiro atoms. The van der Waals surface area contributed by atoms with Crippen LogP contribution in [0, 0.1) is 10.1 Å². The van der Waals surface area contributed by atoms with Crippen LogP contribution < -0.4 is 4.90 Å². The van der Waals surface area contributed by atoms with Crippen LogP contribution in [-0.4, -0.2) is 28.1 Å². The van der Waals surface area contributed by atoms with Crippen LogP contribution in [0.4, 0.5) is 11.4 Å². The molecule has 136 valence electrons. The van der Waals surface area contributed by atoms with Crippen LogP contribution in [-0.2, 0) is 14.4 Å². The quantitative estimate of drug-likeness (QED) is 0.459. The van der Waals surface area contributed by atoms with E-state index in [0.29, 0.717) is 22.0 Å². The molecular weight excluding hydrogens is 374 g/mol. The first-order chi connectivity index (χ1) is 12.9. The van der Waals surface area contributed by atoms with Gasteiger partial charge in [0.25, 0.3) is 11.6 Å². The van der Waals surface area contributed by atoms with Gasteiger partial charge in [0, 0.05) is 23.6 Å². The third-order valence-electron chi connectivity index (χ3n) is 4.56. The Labute approximate surface area is 158 Å². The van der Waals surface area contributed by atoms with Crippen molar-refractivity contribution in [2.75, 3.05) is 4.90 Å². The number of carbonyl (C=O) groups is 2. The Bertz CT molecular complexity index is 987. The Morgan fingerprint density at radius 2 is 1.74 bits per heavy atom. The molecule has 0 bridgehead atoms. The number of oxime groups is 1. The van der Waals surface area contributed by atoms with Gasteiger partial charge in [0.1, 0.15) is 0 Å². The number of non-ortho nitro benzene ring substituents is 1. The second kappa shape index (κ2) is 6.17. The Hall–Kier alpha value is -3.26. The van der Waals surface area contributed by atoms with Crippen molar-refractivity contribution < 1.29 is 19.3 Å². The highest BCUT2D eigenvalue weighted by Crippen LogP contribution is 2.39. The first kappa shape index (κ1) is 17.2. The molecule has 0 saturated carbocycles. The monoisotopic (exact) mass is 385 g/mol. The van der Waals surface area contributed by atoms with E-state index in [1.165, 1.54) is 24.3 Å². The molecule has 2 amide bonds. The Morgan fingerprint density at radius 1 is 1.07 bits per heavy atom. The summed E-state index contributed by atoms with van der Waals surface area (Å²) in [6.45, 7) is 0. The molecule has 2 aromatic carbocycles. The number of nitrogens with zero attached hydrogens (tertiary/aromatic N) is 3. The maximum Gasteiger partial charge on any atom is 0.281 e. The molecule has 8 nitrogen and oxygen atoms in total. The number of amides is 2. The van der Waals surface area contributed by atoms with Gasteiger partial charge in [-0.3, -0.25) is 19.7 Å². The summed E-state index contributed by atoms with van der Waals surface area (Å²) in [6.07, 6.45) is -0.0199. The van der Waals surface area contributed by atoms with Crippen LogP contribution in [0.15, 0.2) is 53.7 Å². The molecule has 4 rings (SSSR count). The van der Waals surface area contributed by atoms with Crippen molar-refractivity contribution in [2.45, 2.75) is 18.4 Å². The smallest absolute Gasteiger partial charge is 0.281 e. The summed E-state index contributed by atoms with van der Waals surface area (Å²) in [5.74, 6) is -0.877. The molecule has 2 aliphatic heterocycles. The third kappa shape index (κ3) is 2.83. The second-order valence-corrected chi connectivity index (χ2v) is 6.73. The largest absolute Gasteiger partial charge is 0.378 e. The van der Waals surface area contributed by atoms with E-state index in [1.807, 2.05) is 0 Å². The fraction of sp³-hybridized carbons (Fsp3) is 0.167. The van der Waals surface area contributed by atoms with Crippen LogP contribution in [0.2, 0.25) is 5.02 Å². The predicted molar refractivity (Wildman–Crippen MR) is 96.6 cm³/mol. The molecule has 27 heavy (non-hydrogen) atoms. The third-order valence-corrected chi connectivity index (χ3v) is 4.81. The summed E-state index contributed by atoms with van der Waals surface area (Å²) < 4.78 is 0. The maximum atomic E-state index is 12.9. The fourth-order valence-electron chi connectivity index (χ4n) is 3.18. The molecule has 1 saturated heterocycles. The van der Waals surface area contributed by atoms with Gasteiger partial charge in [0.2, 0.25) is 11.5 Å². The van der Waals surface area contributed by atoms with E-state index in [9.17, 15) is 19.7 Å². The van der Waals surface area contributed by atoms with E-state index in [0.717, 1.165) is 4.90 Å². The van der Waals surface area contributed by atoms with E-state index >= 15 is 0 Å². The van der Waals surface area contributed by atoms with E-state index < -0.39 is 16.4 Å². The molecule has 0 N–H and O–H groups in total. The fourth-order valence-corrected chi connectivity index (χ4v) is 3.31. The number of benzene rings is 2. The van der Waals surface area contributed by atoms with Gasteiger partial charge in [-0.2, -0.15) is 0 Å². The lowest BCUT2D eigenvalue weighted by Gasteiger charge is -2.19. The lowest BCUT2D eigenvalue weighted by atomic mass is 9.92. The van der Waals surface area contributed by atoms with Gasteiger partial charge in [0.05, 0.1) is 22.7 Å². The predicted octanol–water partition coefficient (Wildman–Crippen LogP) is 3.07. The first-order valence-electron chi connectivity index (χ1n) is 8.02. The van der Waals surface area contributed by atoms with Crippen LogP contribution in [0.1, 0.15) is 18.4 Å². The average molecular weight is 386 g/mol. The number of hydrogen-bond donors (Lipinski definition) is 0. The number of rotatable bonds is 3. The van der Waals surface area contributed by atoms with Crippen LogP contribution in [0.25, 0.3) is 0 Å². The highest BCUT2D eigenvalue weighted by molar-refractivity contribution is 6.31. The lowest BCUT2D eigenvalue weighted by Crippen LogP contribution is -2.40. The molecule has 2 aromatic rings. The summed E-state index contributed by atoms with van der Waals surface area (Å²) in [5.41, 5.74) is 0.0488. The van der Waals surface area contributed by atoms with Crippen molar-refractivity contribution >= 4 is 40.5 Å². The normalized spacial score (nSPS) is 21.5. The number of carbonyl (C=O) groups excluding carboxylic acids is 2. The van der Waals surface area contributed by atoms with Gasteiger partial charge in [0.15, 0.2) is 0 Å². The van der Waals surface area contributed by atoms with Crippen molar-refractivity contribution in [1.82, 2.24) is 0 Å². The average Bonchev–Trinajstić information content (AvgIpc) is 3.18. The Balaban J connectivity index is 1.57. The van der Waals surface area contributed by atoms with Gasteiger partial charge in [-0.1, -0.05) is 16.8 Å². The maximum absolute atomic E-state index is 12.9. The molecule has 1 fully saturated rings. The second-order valence-electron chi connectivity index (χ2n) is 6.29. The minimum absolute atomic E-state index is 0.0472. The highest BCUT2D eigenvalue weighted by atomic mass is 35.5. The number of halogens is 1. The molecule has 1 atom stereocenters. The highest BCUT2D eigenvalue weighted by Gasteiger charge is 2.58. The molecule has 0 aromatic heterocycles. The molecule has 0 aliphatic carbocycles. The van der Waals surface area contributed by atoms with E-state index in [-0.39, 0.29) is 24.4 Å². The molecule has 2 aliphatic rings. The molecule has 2 heterocycles. The molecule has 0 unspecified atom stereocenters. The minimum atomic E-state index is -1.38. The topological polar surface area (TPSA) is 102 Å². The summed E-state index contributed by atoms with van der Waals surface area (Å²) in [5, 5.41) is 15.2. The molecule has 9 heteroatoms. The van der Waals surface area contributed by atoms with E-state index in [4.69, 9.17) is 16.4 Å². The number of hydrogen-bond acceptors (Lipinski definition) is 6. The van der Waals surface area contributed by atoms with Crippen LogP contribution in [0.5, 0.6) is 0 Å². The first-order valence-corrected chi connectivity index (χ1v) is 8.40. The number of anilines is 1. The van der Waals surface area contributed by atoms with Gasteiger partial charge in [-0.25, -0.2) is 4.90 Å². The van der Waals surface area contributed by atoms with Crippen molar-refractivity contribution in [2.24, 2.45) is 5.16 Å². The van der Waals surface area contributed by atoms with Gasteiger partial charge in [-0.15, -0.1) is 0 Å². The van der Waals surface area contributed by atoms with Crippen molar-refractivity contribution in [3.63, 3.8) is 0 Å². The Morgan fingerprint density at radius 3 is 2.37 bits per heavy atom. The lowest BCUT2D eigenvalue weighted by molar-refractivity contribution is -0.384. The zero-order valence-corrected chi connectivity index (χ0v) is 14.5. The summed E-state index contributed by atoms with van der Waals surface area (Å²) in [4.78, 5) is 42.1. The number of imide groups is 1. The van der Waals surface area contributed by atoms with E-state index in [2.05, 4.69) is 5.16 Å². The van der Waals surface area contributed by atoms with Gasteiger partial charge >= 0.3 is 0 Å². The molecular formula is C18H12ClN3O5. The van der Waals surface area contributed by atoms with Crippen LogP contribution >= 0.6 is 11.6 Å². The molecule has 0 radical (unpaired) electrons. The van der Waals surface area contributed by atoms with Gasteiger partial charge in [-0.05, 0) is 42.0 Å². The summed E-state index contributed by atoms with van der Waals surface area (Å²) >= 11 is 5.86. The zero-order valence-electron chi connectivity index (χ0n) is 13.8. The van der Waals surface area contributed by atoms with Crippen molar-refractivity contribution in [1.29, 1.82) is 0 Å². The van der Waals surface area contributed by atoms with Crippen molar-refractivity contribution in [3.8, 4) is 0 Å². The Kier molecular flexibility index (Phi) is 3.92. The summed E-state index contributed by atoms with van der Waals surface area (Å²) in [6, 6.07) is 12.1. The summed E-state index contributed by atoms with van der Waals surface area (Å²) in [7, 11) is 0. The van der Waals surface area contributed by atoms with E-state index in [1.54, 1.807) is 24.3 Å². The van der Waals surface area contributed by atoms with Crippen LogP contribution in [0.3, 0.4) is 0 Å². The SMILES string of the molecule is O=C1C[C@@]2(CC(c3ccc([N+](=O)[O-])cc3)=NO2)C(=O)N1c1ccc(Cl)cc1. The number of nitro groups is 1.